The molecule has 1 aliphatic heterocycles. The van der Waals surface area contributed by atoms with Crippen LogP contribution in [0.2, 0.25) is 0 Å². The van der Waals surface area contributed by atoms with Crippen molar-refractivity contribution < 1.29 is 14.6 Å². The number of aromatic nitrogens is 3. The van der Waals surface area contributed by atoms with Gasteiger partial charge in [-0.3, -0.25) is 0 Å². The lowest BCUT2D eigenvalue weighted by atomic mass is 10.0. The summed E-state index contributed by atoms with van der Waals surface area (Å²) in [5.41, 5.74) is 0.803. The van der Waals surface area contributed by atoms with Crippen LogP contribution >= 0.6 is 0 Å². The number of hydrogen-bond donors (Lipinski definition) is 1. The standard InChI is InChI=1S/C13H13N3O3/c17-13(18)10-7-16(11-3-1-2-5-14-11)15-12(10)9-4-6-19-8-9/h1-3,5,7,9H,4,6,8H2,(H,17,18). The smallest absolute Gasteiger partial charge is 0.339 e. The van der Waals surface area contributed by atoms with Gasteiger partial charge in [0.25, 0.3) is 0 Å². The van der Waals surface area contributed by atoms with Crippen LogP contribution in [0.15, 0.2) is 30.6 Å². The lowest BCUT2D eigenvalue weighted by Gasteiger charge is -2.04. The number of pyridine rings is 1. The van der Waals surface area contributed by atoms with Crippen LogP contribution in [0.3, 0.4) is 0 Å². The van der Waals surface area contributed by atoms with E-state index in [0.29, 0.717) is 24.7 Å². The van der Waals surface area contributed by atoms with Crippen molar-refractivity contribution in [3.05, 3.63) is 41.9 Å². The third kappa shape index (κ3) is 2.22. The molecule has 1 aliphatic rings. The number of aromatic carboxylic acids is 1. The van der Waals surface area contributed by atoms with E-state index in [0.717, 1.165) is 6.42 Å². The summed E-state index contributed by atoms with van der Waals surface area (Å²) in [5.74, 6) is -0.310. The fourth-order valence-corrected chi connectivity index (χ4v) is 2.21. The Morgan fingerprint density at radius 1 is 1.47 bits per heavy atom. The average molecular weight is 259 g/mol. The molecule has 2 aromatic rings. The average Bonchev–Trinajstić information content (AvgIpc) is 3.08. The van der Waals surface area contributed by atoms with Crippen molar-refractivity contribution >= 4 is 5.97 Å². The summed E-state index contributed by atoms with van der Waals surface area (Å²) in [6.07, 6.45) is 3.97. The van der Waals surface area contributed by atoms with Gasteiger partial charge in [0.1, 0.15) is 5.56 Å². The lowest BCUT2D eigenvalue weighted by Crippen LogP contribution is -2.06. The van der Waals surface area contributed by atoms with Gasteiger partial charge in [-0.2, -0.15) is 5.10 Å². The maximum absolute atomic E-state index is 11.3. The summed E-state index contributed by atoms with van der Waals surface area (Å²) in [5, 5.41) is 13.6. The van der Waals surface area contributed by atoms with Crippen molar-refractivity contribution in [2.45, 2.75) is 12.3 Å². The van der Waals surface area contributed by atoms with Gasteiger partial charge in [0, 0.05) is 24.9 Å². The minimum atomic E-state index is -0.968. The Balaban J connectivity index is 2.04. The molecule has 1 unspecified atom stereocenters. The molecule has 0 radical (unpaired) electrons. The Labute approximate surface area is 109 Å². The Morgan fingerprint density at radius 2 is 2.37 bits per heavy atom. The van der Waals surface area contributed by atoms with Crippen molar-refractivity contribution in [1.29, 1.82) is 0 Å². The Kier molecular flexibility index (Phi) is 3.00. The number of carboxylic acid groups (broad SMARTS) is 1. The number of carboxylic acids is 1. The molecule has 1 atom stereocenters. The van der Waals surface area contributed by atoms with Crippen molar-refractivity contribution in [2.24, 2.45) is 0 Å². The van der Waals surface area contributed by atoms with Gasteiger partial charge in [-0.1, -0.05) is 6.07 Å². The molecular formula is C13H13N3O3. The number of rotatable bonds is 3. The summed E-state index contributed by atoms with van der Waals surface area (Å²) < 4.78 is 6.81. The molecule has 0 aliphatic carbocycles. The maximum Gasteiger partial charge on any atom is 0.339 e. The molecule has 19 heavy (non-hydrogen) atoms. The quantitative estimate of drug-likeness (QED) is 0.903. The normalized spacial score (nSPS) is 18.6. The first kappa shape index (κ1) is 11.9. The summed E-state index contributed by atoms with van der Waals surface area (Å²) in [4.78, 5) is 15.5. The van der Waals surface area contributed by atoms with Crippen LogP contribution in [-0.2, 0) is 4.74 Å². The van der Waals surface area contributed by atoms with Crippen LogP contribution in [0, 0.1) is 0 Å². The topological polar surface area (TPSA) is 77.2 Å². The van der Waals surface area contributed by atoms with E-state index in [1.807, 2.05) is 6.07 Å². The molecule has 2 aromatic heterocycles. The van der Waals surface area contributed by atoms with Crippen molar-refractivity contribution in [3.8, 4) is 5.82 Å². The zero-order valence-electron chi connectivity index (χ0n) is 10.2. The fraction of sp³-hybridized carbons (Fsp3) is 0.308. The molecule has 0 spiro atoms. The van der Waals surface area contributed by atoms with Crippen LogP contribution in [-0.4, -0.2) is 39.1 Å². The van der Waals surface area contributed by atoms with Gasteiger partial charge in [0.05, 0.1) is 12.3 Å². The zero-order valence-corrected chi connectivity index (χ0v) is 10.2. The molecule has 3 heterocycles. The summed E-state index contributed by atoms with van der Waals surface area (Å²) >= 11 is 0. The number of hydrogen-bond acceptors (Lipinski definition) is 4. The van der Waals surface area contributed by atoms with Crippen molar-refractivity contribution in [3.63, 3.8) is 0 Å². The van der Waals surface area contributed by atoms with E-state index in [1.165, 1.54) is 10.9 Å². The Hall–Kier alpha value is -2.21. The van der Waals surface area contributed by atoms with Gasteiger partial charge in [-0.05, 0) is 18.6 Å². The molecule has 1 fully saturated rings. The molecule has 3 rings (SSSR count). The molecular weight excluding hydrogens is 246 g/mol. The highest BCUT2D eigenvalue weighted by molar-refractivity contribution is 5.89. The van der Waals surface area contributed by atoms with Gasteiger partial charge in [0.15, 0.2) is 5.82 Å². The van der Waals surface area contributed by atoms with Gasteiger partial charge in [-0.25, -0.2) is 14.5 Å². The monoisotopic (exact) mass is 259 g/mol. The van der Waals surface area contributed by atoms with E-state index in [-0.39, 0.29) is 11.5 Å². The molecule has 98 valence electrons. The number of ether oxygens (including phenoxy) is 1. The van der Waals surface area contributed by atoms with Gasteiger partial charge in [0.2, 0.25) is 0 Å². The molecule has 6 heteroatoms. The minimum Gasteiger partial charge on any atom is -0.478 e. The molecule has 0 aromatic carbocycles. The molecule has 6 nitrogen and oxygen atoms in total. The van der Waals surface area contributed by atoms with Crippen molar-refractivity contribution in [2.75, 3.05) is 13.2 Å². The van der Waals surface area contributed by atoms with E-state index >= 15 is 0 Å². The highest BCUT2D eigenvalue weighted by Gasteiger charge is 2.27. The number of carbonyl (C=O) groups is 1. The zero-order chi connectivity index (χ0) is 13.2. The summed E-state index contributed by atoms with van der Waals surface area (Å²) in [7, 11) is 0. The van der Waals surface area contributed by atoms with Crippen LogP contribution in [0.1, 0.15) is 28.4 Å². The molecule has 0 saturated carbocycles. The van der Waals surface area contributed by atoms with Crippen LogP contribution in [0.25, 0.3) is 5.82 Å². The van der Waals surface area contributed by atoms with E-state index in [4.69, 9.17) is 4.74 Å². The second kappa shape index (κ2) is 4.81. The summed E-state index contributed by atoms with van der Waals surface area (Å²) in [6.45, 7) is 1.18. The maximum atomic E-state index is 11.3. The van der Waals surface area contributed by atoms with Gasteiger partial charge >= 0.3 is 5.97 Å². The summed E-state index contributed by atoms with van der Waals surface area (Å²) in [6, 6.07) is 5.42. The fourth-order valence-electron chi connectivity index (χ4n) is 2.21. The van der Waals surface area contributed by atoms with Gasteiger partial charge in [-0.15, -0.1) is 0 Å². The lowest BCUT2D eigenvalue weighted by molar-refractivity contribution is 0.0695. The first-order valence-corrected chi connectivity index (χ1v) is 6.07. The van der Waals surface area contributed by atoms with E-state index < -0.39 is 5.97 Å². The largest absolute Gasteiger partial charge is 0.478 e. The van der Waals surface area contributed by atoms with E-state index in [2.05, 4.69) is 10.1 Å². The van der Waals surface area contributed by atoms with Crippen LogP contribution < -0.4 is 0 Å². The van der Waals surface area contributed by atoms with E-state index in [1.54, 1.807) is 18.3 Å². The first-order chi connectivity index (χ1) is 9.25. The number of nitrogens with zero attached hydrogens (tertiary/aromatic N) is 3. The minimum absolute atomic E-state index is 0.0519. The Bertz CT molecular complexity index is 588. The van der Waals surface area contributed by atoms with E-state index in [9.17, 15) is 9.90 Å². The molecule has 0 amide bonds. The van der Waals surface area contributed by atoms with Crippen LogP contribution in [0.4, 0.5) is 0 Å². The highest BCUT2D eigenvalue weighted by Crippen LogP contribution is 2.27. The Morgan fingerprint density at radius 3 is 3.00 bits per heavy atom. The van der Waals surface area contributed by atoms with Crippen molar-refractivity contribution in [1.82, 2.24) is 14.8 Å². The second-order valence-corrected chi connectivity index (χ2v) is 4.43. The van der Waals surface area contributed by atoms with Gasteiger partial charge < -0.3 is 9.84 Å². The first-order valence-electron chi connectivity index (χ1n) is 6.07. The SMILES string of the molecule is O=C(O)c1cn(-c2ccccn2)nc1C1CCOC1. The molecule has 1 saturated heterocycles. The highest BCUT2D eigenvalue weighted by atomic mass is 16.5. The second-order valence-electron chi connectivity index (χ2n) is 4.43. The third-order valence-electron chi connectivity index (χ3n) is 3.17. The van der Waals surface area contributed by atoms with Crippen LogP contribution in [0.5, 0.6) is 0 Å². The molecule has 0 bridgehead atoms. The predicted molar refractivity (Wildman–Crippen MR) is 66.5 cm³/mol. The predicted octanol–water partition coefficient (Wildman–Crippen LogP) is 1.47. The molecule has 1 N–H and O–H groups in total. The third-order valence-corrected chi connectivity index (χ3v) is 3.17.